The summed E-state index contributed by atoms with van der Waals surface area (Å²) in [6, 6.07) is -3.55. The molecule has 0 aromatic rings. The van der Waals surface area contributed by atoms with Gasteiger partial charge in [-0.1, -0.05) is 48.0 Å². The molecule has 10 heteroatoms. The summed E-state index contributed by atoms with van der Waals surface area (Å²) < 4.78 is 0. The first-order chi connectivity index (χ1) is 14.8. The molecule has 5 unspecified atom stereocenters. The van der Waals surface area contributed by atoms with Crippen molar-refractivity contribution in [3.8, 4) is 0 Å². The minimum absolute atomic E-state index is 0.0400. The van der Waals surface area contributed by atoms with E-state index in [0.717, 1.165) is 6.42 Å². The largest absolute Gasteiger partial charge is 0.480 e. The molecule has 9 nitrogen and oxygen atoms in total. The van der Waals surface area contributed by atoms with Crippen LogP contribution in [0.4, 0.5) is 0 Å². The molecule has 0 aliphatic heterocycles. The van der Waals surface area contributed by atoms with Crippen LogP contribution in [0, 0.1) is 17.8 Å². The minimum atomic E-state index is -1.13. The molecule has 3 amide bonds. The fourth-order valence-electron chi connectivity index (χ4n) is 3.03. The van der Waals surface area contributed by atoms with Crippen molar-refractivity contribution in [2.45, 2.75) is 85.0 Å². The number of hydrogen-bond donors (Lipinski definition) is 5. The van der Waals surface area contributed by atoms with Crippen molar-refractivity contribution in [2.24, 2.45) is 23.5 Å². The third kappa shape index (κ3) is 10.7. The fraction of sp³-hybridized carbons (Fsp3) is 0.818. The van der Waals surface area contributed by atoms with Crippen molar-refractivity contribution in [2.75, 3.05) is 12.0 Å². The van der Waals surface area contributed by atoms with Gasteiger partial charge in [-0.2, -0.15) is 11.8 Å². The number of aliphatic carboxylic acids is 1. The number of hydrogen-bond acceptors (Lipinski definition) is 6. The molecule has 0 saturated carbocycles. The topological polar surface area (TPSA) is 151 Å². The Hall–Kier alpha value is -1.81. The van der Waals surface area contributed by atoms with E-state index in [0.29, 0.717) is 18.6 Å². The lowest BCUT2D eigenvalue weighted by Gasteiger charge is -2.27. The maximum atomic E-state index is 13.0. The number of amides is 3. The van der Waals surface area contributed by atoms with Crippen LogP contribution in [0.15, 0.2) is 0 Å². The highest BCUT2D eigenvalue weighted by Gasteiger charge is 2.31. The van der Waals surface area contributed by atoms with Gasteiger partial charge in [0.25, 0.3) is 0 Å². The van der Waals surface area contributed by atoms with E-state index in [4.69, 9.17) is 5.73 Å². The molecular formula is C22H42N4O5S. The third-order valence-corrected chi connectivity index (χ3v) is 6.02. The van der Waals surface area contributed by atoms with Gasteiger partial charge >= 0.3 is 5.97 Å². The molecule has 0 radical (unpaired) electrons. The van der Waals surface area contributed by atoms with E-state index < -0.39 is 47.9 Å². The summed E-state index contributed by atoms with van der Waals surface area (Å²) in [5.74, 6) is -2.23. The molecule has 0 spiro atoms. The van der Waals surface area contributed by atoms with Crippen LogP contribution in [-0.2, 0) is 19.2 Å². The van der Waals surface area contributed by atoms with Crippen molar-refractivity contribution in [1.82, 2.24) is 16.0 Å². The molecule has 0 aromatic heterocycles. The van der Waals surface area contributed by atoms with Crippen LogP contribution in [0.2, 0.25) is 0 Å². The Kier molecular flexibility index (Phi) is 14.2. The van der Waals surface area contributed by atoms with Crippen molar-refractivity contribution in [3.05, 3.63) is 0 Å². The van der Waals surface area contributed by atoms with Crippen LogP contribution in [0.1, 0.15) is 60.8 Å². The van der Waals surface area contributed by atoms with E-state index in [1.165, 1.54) is 11.8 Å². The Labute approximate surface area is 196 Å². The molecule has 0 aliphatic carbocycles. The van der Waals surface area contributed by atoms with Gasteiger partial charge in [-0.3, -0.25) is 14.4 Å². The minimum Gasteiger partial charge on any atom is -0.480 e. The number of nitrogens with two attached hydrogens (primary N) is 1. The molecule has 0 rings (SSSR count). The summed E-state index contributed by atoms with van der Waals surface area (Å²) in [7, 11) is 0. The number of thioether (sulfide) groups is 1. The lowest BCUT2D eigenvalue weighted by Crippen LogP contribution is -2.58. The van der Waals surface area contributed by atoms with Crippen LogP contribution in [0.5, 0.6) is 0 Å². The van der Waals surface area contributed by atoms with Crippen LogP contribution in [-0.4, -0.2) is 65.0 Å². The molecule has 186 valence electrons. The summed E-state index contributed by atoms with van der Waals surface area (Å²) in [4.78, 5) is 49.9. The van der Waals surface area contributed by atoms with Gasteiger partial charge in [0, 0.05) is 0 Å². The first-order valence-electron chi connectivity index (χ1n) is 11.2. The number of carboxylic acid groups (broad SMARTS) is 1. The average molecular weight is 475 g/mol. The van der Waals surface area contributed by atoms with E-state index in [1.807, 2.05) is 34.0 Å². The Morgan fingerprint density at radius 2 is 1.44 bits per heavy atom. The zero-order valence-corrected chi connectivity index (χ0v) is 21.3. The summed E-state index contributed by atoms with van der Waals surface area (Å²) in [5, 5.41) is 17.3. The summed E-state index contributed by atoms with van der Waals surface area (Å²) >= 11 is 1.51. The quantitative estimate of drug-likeness (QED) is 0.240. The van der Waals surface area contributed by atoms with E-state index >= 15 is 0 Å². The Bertz CT molecular complexity index is 629. The smallest absolute Gasteiger partial charge is 0.326 e. The van der Waals surface area contributed by atoms with E-state index in [1.54, 1.807) is 13.8 Å². The lowest BCUT2D eigenvalue weighted by atomic mass is 9.97. The van der Waals surface area contributed by atoms with Crippen molar-refractivity contribution in [3.63, 3.8) is 0 Å². The standard InChI is InChI=1S/C22H42N4O5S/c1-8-14(6)17(23)21(29)25-16(11-12(2)3)20(28)24-15(9-10-32-7)19(27)26-18(13(4)5)22(30)31/h12-18H,8-11,23H2,1-7H3,(H,24,28)(H,25,29)(H,26,27)(H,30,31). The van der Waals surface area contributed by atoms with Gasteiger partial charge in [-0.05, 0) is 42.6 Å². The maximum Gasteiger partial charge on any atom is 0.326 e. The van der Waals surface area contributed by atoms with Crippen molar-refractivity contribution in [1.29, 1.82) is 0 Å². The average Bonchev–Trinajstić information content (AvgIpc) is 2.71. The Morgan fingerprint density at radius 1 is 0.906 bits per heavy atom. The zero-order valence-electron chi connectivity index (χ0n) is 20.4. The molecule has 0 aromatic carbocycles. The van der Waals surface area contributed by atoms with Gasteiger partial charge in [0.2, 0.25) is 17.7 Å². The lowest BCUT2D eigenvalue weighted by molar-refractivity contribution is -0.143. The van der Waals surface area contributed by atoms with E-state index in [-0.39, 0.29) is 17.8 Å². The molecule has 6 N–H and O–H groups in total. The van der Waals surface area contributed by atoms with E-state index in [2.05, 4.69) is 16.0 Å². The number of carboxylic acids is 1. The van der Waals surface area contributed by atoms with Gasteiger partial charge in [-0.15, -0.1) is 0 Å². The molecular weight excluding hydrogens is 432 g/mol. The third-order valence-electron chi connectivity index (χ3n) is 5.37. The van der Waals surface area contributed by atoms with Crippen LogP contribution in [0.25, 0.3) is 0 Å². The first-order valence-corrected chi connectivity index (χ1v) is 12.6. The number of carbonyl (C=O) groups excluding carboxylic acids is 3. The maximum absolute atomic E-state index is 13.0. The monoisotopic (exact) mass is 474 g/mol. The number of rotatable bonds is 15. The second kappa shape index (κ2) is 15.1. The van der Waals surface area contributed by atoms with Crippen LogP contribution in [0.3, 0.4) is 0 Å². The molecule has 32 heavy (non-hydrogen) atoms. The van der Waals surface area contributed by atoms with Crippen molar-refractivity contribution < 1.29 is 24.3 Å². The second-order valence-electron chi connectivity index (χ2n) is 9.01. The zero-order chi connectivity index (χ0) is 25.0. The molecule has 0 bridgehead atoms. The predicted octanol–water partition coefficient (Wildman–Crippen LogP) is 1.35. The highest BCUT2D eigenvalue weighted by molar-refractivity contribution is 7.98. The van der Waals surface area contributed by atoms with Gasteiger partial charge in [0.1, 0.15) is 18.1 Å². The summed E-state index contributed by atoms with van der Waals surface area (Å²) in [6.07, 6.45) is 3.32. The summed E-state index contributed by atoms with van der Waals surface area (Å²) in [6.45, 7) is 11.1. The Balaban J connectivity index is 5.49. The normalized spacial score (nSPS) is 16.1. The molecule has 0 heterocycles. The van der Waals surface area contributed by atoms with E-state index in [9.17, 15) is 24.3 Å². The highest BCUT2D eigenvalue weighted by atomic mass is 32.2. The number of carbonyl (C=O) groups is 4. The summed E-state index contributed by atoms with van der Waals surface area (Å²) in [5.41, 5.74) is 6.01. The Morgan fingerprint density at radius 3 is 1.88 bits per heavy atom. The van der Waals surface area contributed by atoms with Crippen LogP contribution < -0.4 is 21.7 Å². The first kappa shape index (κ1) is 30.2. The van der Waals surface area contributed by atoms with Gasteiger partial charge in [0.15, 0.2) is 0 Å². The van der Waals surface area contributed by atoms with Crippen LogP contribution >= 0.6 is 11.8 Å². The van der Waals surface area contributed by atoms with Crippen molar-refractivity contribution >= 4 is 35.5 Å². The molecule has 0 fully saturated rings. The SMILES string of the molecule is CCC(C)C(N)C(=O)NC(CC(C)C)C(=O)NC(CCSC)C(=O)NC(C(=O)O)C(C)C. The second-order valence-corrected chi connectivity index (χ2v) is 10.00. The highest BCUT2D eigenvalue weighted by Crippen LogP contribution is 2.11. The fourth-order valence-corrected chi connectivity index (χ4v) is 3.50. The molecule has 0 aliphatic rings. The number of nitrogens with one attached hydrogen (secondary N) is 3. The molecule has 5 atom stereocenters. The van der Waals surface area contributed by atoms with Gasteiger partial charge in [0.05, 0.1) is 6.04 Å². The van der Waals surface area contributed by atoms with Gasteiger partial charge < -0.3 is 26.8 Å². The van der Waals surface area contributed by atoms with Gasteiger partial charge in [-0.25, -0.2) is 4.79 Å². The molecule has 0 saturated heterocycles. The predicted molar refractivity (Wildman–Crippen MR) is 128 cm³/mol.